The topological polar surface area (TPSA) is 106 Å². The Morgan fingerprint density at radius 3 is 1.83 bits per heavy atom. The molecule has 1 N–H and O–H groups in total. The van der Waals surface area contributed by atoms with Crippen LogP contribution in [0.3, 0.4) is 0 Å². The first-order chi connectivity index (χ1) is 8.45. The van der Waals surface area contributed by atoms with Crippen LogP contribution in [0.25, 0.3) is 0 Å². The SMILES string of the molecule is [O-][Cl+3]([O-])([O-])[O-].c1ccc([NH+]=c2ccscc2)cc1. The van der Waals surface area contributed by atoms with E-state index in [4.69, 9.17) is 18.6 Å². The molecule has 7 heteroatoms. The molecule has 0 aliphatic rings. The van der Waals surface area contributed by atoms with Crippen LogP contribution < -0.4 is 29.0 Å². The minimum Gasteiger partial charge on any atom is -0.222 e. The van der Waals surface area contributed by atoms with Gasteiger partial charge in [-0.05, 0) is 10.8 Å². The van der Waals surface area contributed by atoms with Crippen LogP contribution >= 0.6 is 11.3 Å². The monoisotopic (exact) mass is 287 g/mol. The minimum atomic E-state index is -4.94. The van der Waals surface area contributed by atoms with Crippen LogP contribution in [0.2, 0.25) is 0 Å². The van der Waals surface area contributed by atoms with Crippen LogP contribution in [0.5, 0.6) is 0 Å². The fraction of sp³-hybridized carbons (Fsp3) is 0. The van der Waals surface area contributed by atoms with Crippen LogP contribution in [0, 0.1) is 10.2 Å². The molecule has 1 heterocycles. The predicted octanol–water partition coefficient (Wildman–Crippen LogP) is -3.69. The van der Waals surface area contributed by atoms with Crippen LogP contribution in [-0.2, 0) is 0 Å². The molecular formula is C11H10ClNO4S. The first-order valence-electron chi connectivity index (χ1n) is 4.74. The fourth-order valence-electron chi connectivity index (χ4n) is 1.10. The maximum Gasteiger partial charge on any atom is 0.205 e. The highest BCUT2D eigenvalue weighted by atomic mass is 35.7. The fourth-order valence-corrected chi connectivity index (χ4v) is 1.64. The van der Waals surface area contributed by atoms with Crippen molar-refractivity contribution in [2.45, 2.75) is 0 Å². The number of halogens is 1. The van der Waals surface area contributed by atoms with Gasteiger partial charge in [0.05, 0.1) is 0 Å². The van der Waals surface area contributed by atoms with E-state index >= 15 is 0 Å². The lowest BCUT2D eigenvalue weighted by atomic mass is 10.3. The summed E-state index contributed by atoms with van der Waals surface area (Å²) in [6.45, 7) is 0. The van der Waals surface area contributed by atoms with E-state index in [0.717, 1.165) is 11.0 Å². The summed E-state index contributed by atoms with van der Waals surface area (Å²) in [6.07, 6.45) is 0. The van der Waals surface area contributed by atoms with Crippen molar-refractivity contribution in [3.8, 4) is 0 Å². The Hall–Kier alpha value is -1.28. The van der Waals surface area contributed by atoms with Crippen molar-refractivity contribution in [2.24, 2.45) is 0 Å². The van der Waals surface area contributed by atoms with Crippen LogP contribution in [0.1, 0.15) is 0 Å². The molecule has 2 rings (SSSR count). The summed E-state index contributed by atoms with van der Waals surface area (Å²) in [4.78, 5) is 3.31. The van der Waals surface area contributed by atoms with Gasteiger partial charge in [0.2, 0.25) is 11.0 Å². The third kappa shape index (κ3) is 7.91. The molecule has 0 spiro atoms. The molecule has 1 aromatic heterocycles. The van der Waals surface area contributed by atoms with Crippen molar-refractivity contribution in [1.82, 2.24) is 0 Å². The van der Waals surface area contributed by atoms with E-state index in [1.807, 2.05) is 18.2 Å². The molecule has 0 unspecified atom stereocenters. The zero-order chi connectivity index (χ0) is 13.4. The van der Waals surface area contributed by atoms with E-state index in [0.29, 0.717) is 0 Å². The molecule has 0 aliphatic heterocycles. The Balaban J connectivity index is 0.000000280. The van der Waals surface area contributed by atoms with E-state index in [2.05, 4.69) is 40.0 Å². The van der Waals surface area contributed by atoms with Crippen molar-refractivity contribution in [3.05, 3.63) is 58.6 Å². The van der Waals surface area contributed by atoms with Gasteiger partial charge in [0.15, 0.2) is 0 Å². The van der Waals surface area contributed by atoms with Gasteiger partial charge < -0.3 is 0 Å². The summed E-state index contributed by atoms with van der Waals surface area (Å²) >= 11 is 1.69. The van der Waals surface area contributed by atoms with Gasteiger partial charge in [-0.15, -0.1) is 10.2 Å². The van der Waals surface area contributed by atoms with Crippen LogP contribution in [-0.4, -0.2) is 0 Å². The van der Waals surface area contributed by atoms with Crippen molar-refractivity contribution in [3.63, 3.8) is 0 Å². The normalized spacial score (nSPS) is 10.2. The molecule has 0 atom stereocenters. The molecule has 0 amide bonds. The largest absolute Gasteiger partial charge is 0.222 e. The smallest absolute Gasteiger partial charge is 0.205 e. The Labute approximate surface area is 110 Å². The third-order valence-corrected chi connectivity index (χ3v) is 2.30. The highest BCUT2D eigenvalue weighted by molar-refractivity contribution is 7.07. The van der Waals surface area contributed by atoms with Crippen molar-refractivity contribution in [1.29, 1.82) is 0 Å². The number of hydrogen-bond donors (Lipinski definition) is 1. The predicted molar refractivity (Wildman–Crippen MR) is 54.5 cm³/mol. The number of nitrogens with one attached hydrogen (secondary N) is 1. The zero-order valence-corrected chi connectivity index (χ0v) is 10.7. The maximum atomic E-state index is 8.49. The van der Waals surface area contributed by atoms with E-state index in [9.17, 15) is 0 Å². The Kier molecular flexibility index (Phi) is 5.93. The number of para-hydroxylation sites is 1. The number of rotatable bonds is 1. The molecule has 1 aromatic carbocycles. The summed E-state index contributed by atoms with van der Waals surface area (Å²) in [6, 6.07) is 14.3. The van der Waals surface area contributed by atoms with E-state index in [1.165, 1.54) is 0 Å². The highest BCUT2D eigenvalue weighted by Crippen LogP contribution is 1.94. The second-order valence-electron chi connectivity index (χ2n) is 3.07. The third-order valence-electron chi connectivity index (χ3n) is 1.71. The van der Waals surface area contributed by atoms with Gasteiger partial charge in [-0.1, -0.05) is 18.2 Å². The van der Waals surface area contributed by atoms with Gasteiger partial charge in [-0.2, -0.15) is 11.3 Å². The van der Waals surface area contributed by atoms with Gasteiger partial charge in [0.25, 0.3) is 0 Å². The lowest BCUT2D eigenvalue weighted by molar-refractivity contribution is -2.00. The zero-order valence-electron chi connectivity index (χ0n) is 9.12. The summed E-state index contributed by atoms with van der Waals surface area (Å²) in [5, 5.41) is 5.25. The molecule has 0 aliphatic carbocycles. The lowest BCUT2D eigenvalue weighted by Gasteiger charge is -2.17. The molecule has 18 heavy (non-hydrogen) atoms. The molecule has 2 aromatic rings. The molecule has 0 radical (unpaired) electrons. The van der Waals surface area contributed by atoms with Gasteiger partial charge >= 0.3 is 0 Å². The minimum absolute atomic E-state index is 1.12. The van der Waals surface area contributed by atoms with Gasteiger partial charge in [0, 0.05) is 24.3 Å². The van der Waals surface area contributed by atoms with Crippen molar-refractivity contribution >= 4 is 17.0 Å². The van der Waals surface area contributed by atoms with Gasteiger partial charge in [0.1, 0.15) is 0 Å². The molecular weight excluding hydrogens is 278 g/mol. The standard InChI is InChI=1S/C11H9NS.ClHO4/c1-2-4-10(5-3-1)12-11-6-8-13-9-7-11;2-1(3,4)5/h1-9H;(H,2,3,4,5). The Morgan fingerprint density at radius 2 is 1.33 bits per heavy atom. The quantitative estimate of drug-likeness (QED) is 0.583. The summed E-state index contributed by atoms with van der Waals surface area (Å²) < 4.78 is 34.0. The van der Waals surface area contributed by atoms with Crippen molar-refractivity contribution < 1.29 is 33.9 Å². The van der Waals surface area contributed by atoms with Crippen LogP contribution in [0.15, 0.2) is 53.2 Å². The molecule has 5 nitrogen and oxygen atoms in total. The molecule has 0 fully saturated rings. The van der Waals surface area contributed by atoms with Gasteiger partial charge in [-0.3, -0.25) is 0 Å². The summed E-state index contributed by atoms with van der Waals surface area (Å²) in [5.41, 5.74) is 1.12. The molecule has 0 saturated heterocycles. The average molecular weight is 288 g/mol. The second kappa shape index (κ2) is 7.22. The van der Waals surface area contributed by atoms with E-state index in [1.54, 1.807) is 11.3 Å². The summed E-state index contributed by atoms with van der Waals surface area (Å²) in [7, 11) is -4.94. The summed E-state index contributed by atoms with van der Waals surface area (Å²) in [5.74, 6) is 0. The van der Waals surface area contributed by atoms with Gasteiger partial charge in [-0.25, -0.2) is 23.6 Å². The number of hydrogen-bond acceptors (Lipinski definition) is 5. The van der Waals surface area contributed by atoms with Crippen molar-refractivity contribution in [2.75, 3.05) is 0 Å². The second-order valence-corrected chi connectivity index (χ2v) is 4.64. The Morgan fingerprint density at radius 1 is 0.833 bits per heavy atom. The average Bonchev–Trinajstić information content (AvgIpc) is 2.29. The van der Waals surface area contributed by atoms with E-state index in [-0.39, 0.29) is 0 Å². The first kappa shape index (κ1) is 14.8. The Bertz CT molecular complexity index is 501. The maximum absolute atomic E-state index is 8.49. The molecule has 0 bridgehead atoms. The highest BCUT2D eigenvalue weighted by Gasteiger charge is 1.91. The molecule has 0 saturated carbocycles. The lowest BCUT2D eigenvalue weighted by Crippen LogP contribution is -2.70. The van der Waals surface area contributed by atoms with E-state index < -0.39 is 10.2 Å². The molecule has 96 valence electrons. The number of benzene rings is 1. The first-order valence-corrected chi connectivity index (χ1v) is 6.92. The van der Waals surface area contributed by atoms with Crippen LogP contribution in [0.4, 0.5) is 5.69 Å².